The maximum atomic E-state index is 13.6. The number of carbonyl (C=O) groups is 1. The number of thioether (sulfide) groups is 1. The summed E-state index contributed by atoms with van der Waals surface area (Å²) in [5.41, 5.74) is 2.60. The van der Waals surface area contributed by atoms with Gasteiger partial charge in [-0.1, -0.05) is 60.4 Å². The Hall–Kier alpha value is -3.01. The molecular weight excluding hydrogens is 480 g/mol. The molecule has 2 aliphatic rings. The van der Waals surface area contributed by atoms with E-state index in [1.807, 2.05) is 56.3 Å². The molecule has 1 N–H and O–H groups in total. The van der Waals surface area contributed by atoms with E-state index in [9.17, 15) is 9.59 Å². The van der Waals surface area contributed by atoms with Crippen LogP contribution in [0.15, 0.2) is 58.4 Å². The number of benzene rings is 1. The normalized spacial score (nSPS) is 20.2. The molecule has 35 heavy (non-hydrogen) atoms. The molecule has 5 rings (SSSR count). The van der Waals surface area contributed by atoms with Gasteiger partial charge in [-0.3, -0.25) is 18.9 Å². The van der Waals surface area contributed by atoms with Gasteiger partial charge in [0.1, 0.15) is 15.8 Å². The van der Waals surface area contributed by atoms with Crippen LogP contribution in [0.1, 0.15) is 42.5 Å². The van der Waals surface area contributed by atoms with Gasteiger partial charge in [0.2, 0.25) is 0 Å². The predicted molar refractivity (Wildman–Crippen MR) is 144 cm³/mol. The van der Waals surface area contributed by atoms with Crippen molar-refractivity contribution < 1.29 is 9.53 Å². The molecule has 0 saturated carbocycles. The Balaban J connectivity index is 1.55. The van der Waals surface area contributed by atoms with Crippen molar-refractivity contribution in [3.05, 3.63) is 80.6 Å². The zero-order chi connectivity index (χ0) is 24.5. The van der Waals surface area contributed by atoms with Crippen molar-refractivity contribution >= 4 is 51.7 Å². The molecule has 9 heteroatoms. The van der Waals surface area contributed by atoms with Crippen LogP contribution >= 0.6 is 24.0 Å². The highest BCUT2D eigenvalue weighted by molar-refractivity contribution is 8.26. The fourth-order valence-electron chi connectivity index (χ4n) is 4.36. The molecule has 0 unspecified atom stereocenters. The molecule has 2 aromatic heterocycles. The van der Waals surface area contributed by atoms with Crippen molar-refractivity contribution in [3.8, 4) is 0 Å². The Labute approximate surface area is 213 Å². The highest BCUT2D eigenvalue weighted by Gasteiger charge is 2.35. The van der Waals surface area contributed by atoms with E-state index < -0.39 is 0 Å². The van der Waals surface area contributed by atoms with Crippen LogP contribution in [0.25, 0.3) is 11.7 Å². The monoisotopic (exact) mass is 506 g/mol. The van der Waals surface area contributed by atoms with Crippen LogP contribution in [0, 0.1) is 6.92 Å². The standard InChI is InChI=1S/C26H26N4O3S2/c1-16-8-6-12-29-23(16)28-22(27-17(2)18-9-4-3-5-10-18)20(24(29)31)14-21-25(32)30(26(34)35-21)15-19-11-7-13-33-19/h3-6,8-10,12,14,17,19,27H,7,11,13,15H2,1-2H3/b21-14-/t17-,19-/m0/s1. The van der Waals surface area contributed by atoms with Gasteiger partial charge in [-0.05, 0) is 50.0 Å². The average Bonchev–Trinajstić information content (AvgIpc) is 3.46. The molecule has 2 saturated heterocycles. The zero-order valence-corrected chi connectivity index (χ0v) is 21.2. The van der Waals surface area contributed by atoms with Gasteiger partial charge in [-0.25, -0.2) is 4.98 Å². The van der Waals surface area contributed by atoms with E-state index in [1.54, 1.807) is 17.2 Å². The summed E-state index contributed by atoms with van der Waals surface area (Å²) in [6.07, 6.45) is 5.22. The maximum Gasteiger partial charge on any atom is 0.267 e. The van der Waals surface area contributed by atoms with E-state index in [0.29, 0.717) is 39.4 Å². The Morgan fingerprint density at radius 1 is 1.26 bits per heavy atom. The number of ether oxygens (including phenoxy) is 1. The fourth-order valence-corrected chi connectivity index (χ4v) is 5.62. The summed E-state index contributed by atoms with van der Waals surface area (Å²) >= 11 is 6.71. The maximum absolute atomic E-state index is 13.6. The molecule has 0 bridgehead atoms. The van der Waals surface area contributed by atoms with Crippen molar-refractivity contribution in [1.29, 1.82) is 0 Å². The lowest BCUT2D eigenvalue weighted by Crippen LogP contribution is -2.35. The first-order chi connectivity index (χ1) is 16.9. The summed E-state index contributed by atoms with van der Waals surface area (Å²) in [6.45, 7) is 5.08. The number of thiocarbonyl (C=S) groups is 1. The molecule has 4 heterocycles. The minimum absolute atomic E-state index is 0.00302. The van der Waals surface area contributed by atoms with Gasteiger partial charge >= 0.3 is 0 Å². The molecule has 2 fully saturated rings. The smallest absolute Gasteiger partial charge is 0.267 e. The molecule has 7 nitrogen and oxygen atoms in total. The predicted octanol–water partition coefficient (Wildman–Crippen LogP) is 4.56. The number of amides is 1. The van der Waals surface area contributed by atoms with E-state index in [1.165, 1.54) is 16.2 Å². The Bertz CT molecular complexity index is 1380. The van der Waals surface area contributed by atoms with Crippen molar-refractivity contribution in [3.63, 3.8) is 0 Å². The van der Waals surface area contributed by atoms with Crippen LogP contribution in [0.3, 0.4) is 0 Å². The number of hydrogen-bond acceptors (Lipinski definition) is 7. The molecule has 180 valence electrons. The Morgan fingerprint density at radius 2 is 2.06 bits per heavy atom. The lowest BCUT2D eigenvalue weighted by Gasteiger charge is -2.19. The van der Waals surface area contributed by atoms with Crippen molar-refractivity contribution in [2.45, 2.75) is 38.8 Å². The molecular formula is C26H26N4O3S2. The number of nitrogens with one attached hydrogen (secondary N) is 1. The van der Waals surface area contributed by atoms with Gasteiger partial charge in [0.15, 0.2) is 0 Å². The first-order valence-corrected chi connectivity index (χ1v) is 12.9. The molecule has 1 amide bonds. The minimum atomic E-state index is -0.245. The summed E-state index contributed by atoms with van der Waals surface area (Å²) in [5.74, 6) is 0.233. The molecule has 2 atom stereocenters. The second-order valence-corrected chi connectivity index (χ2v) is 10.4. The molecule has 2 aliphatic heterocycles. The number of carbonyl (C=O) groups excluding carboxylic acids is 1. The van der Waals surface area contributed by atoms with Crippen LogP contribution in [0.4, 0.5) is 5.82 Å². The zero-order valence-electron chi connectivity index (χ0n) is 19.6. The minimum Gasteiger partial charge on any atom is -0.376 e. The SMILES string of the molecule is Cc1cccn2c(=O)c(/C=C3\SC(=S)N(C[C@@H]4CCCO4)C3=O)c(N[C@@H](C)c3ccccc3)nc12. The van der Waals surface area contributed by atoms with Gasteiger partial charge in [-0.15, -0.1) is 0 Å². The number of anilines is 1. The number of hydrogen-bond donors (Lipinski definition) is 1. The van der Waals surface area contributed by atoms with Gasteiger partial charge in [0.05, 0.1) is 23.1 Å². The highest BCUT2D eigenvalue weighted by Crippen LogP contribution is 2.34. The summed E-state index contributed by atoms with van der Waals surface area (Å²) in [4.78, 5) is 33.6. The Morgan fingerprint density at radius 3 is 2.80 bits per heavy atom. The van der Waals surface area contributed by atoms with Crippen LogP contribution in [-0.2, 0) is 9.53 Å². The summed E-state index contributed by atoms with van der Waals surface area (Å²) < 4.78 is 7.69. The topological polar surface area (TPSA) is 75.9 Å². The first kappa shape index (κ1) is 23.7. The molecule has 0 spiro atoms. The third kappa shape index (κ3) is 4.76. The van der Waals surface area contributed by atoms with E-state index in [0.717, 1.165) is 24.0 Å². The van der Waals surface area contributed by atoms with Crippen molar-refractivity contribution in [1.82, 2.24) is 14.3 Å². The van der Waals surface area contributed by atoms with Gasteiger partial charge in [0.25, 0.3) is 11.5 Å². The van der Waals surface area contributed by atoms with Crippen LogP contribution in [-0.4, -0.2) is 43.8 Å². The second kappa shape index (κ2) is 9.93. The van der Waals surface area contributed by atoms with Crippen LogP contribution in [0.5, 0.6) is 0 Å². The molecule has 0 aliphatic carbocycles. The third-order valence-electron chi connectivity index (χ3n) is 6.30. The number of rotatable bonds is 6. The summed E-state index contributed by atoms with van der Waals surface area (Å²) in [7, 11) is 0. The van der Waals surface area contributed by atoms with Gasteiger partial charge < -0.3 is 10.1 Å². The van der Waals surface area contributed by atoms with E-state index >= 15 is 0 Å². The number of nitrogens with zero attached hydrogens (tertiary/aromatic N) is 3. The number of aromatic nitrogens is 2. The lowest BCUT2D eigenvalue weighted by atomic mass is 10.1. The third-order valence-corrected chi connectivity index (χ3v) is 7.67. The molecule has 0 radical (unpaired) electrons. The summed E-state index contributed by atoms with van der Waals surface area (Å²) in [6, 6.07) is 13.6. The van der Waals surface area contributed by atoms with Crippen molar-refractivity contribution in [2.75, 3.05) is 18.5 Å². The van der Waals surface area contributed by atoms with Crippen LogP contribution < -0.4 is 10.9 Å². The second-order valence-electron chi connectivity index (χ2n) is 8.77. The number of aryl methyl sites for hydroxylation is 1. The summed E-state index contributed by atoms with van der Waals surface area (Å²) in [5, 5.41) is 3.40. The van der Waals surface area contributed by atoms with Gasteiger partial charge in [0, 0.05) is 18.8 Å². The number of fused-ring (bicyclic) bond motifs is 1. The average molecular weight is 507 g/mol. The molecule has 3 aromatic rings. The largest absolute Gasteiger partial charge is 0.376 e. The number of pyridine rings is 1. The Kier molecular flexibility index (Phi) is 6.73. The highest BCUT2D eigenvalue weighted by atomic mass is 32.2. The van der Waals surface area contributed by atoms with Crippen LogP contribution in [0.2, 0.25) is 0 Å². The fraction of sp³-hybridized carbons (Fsp3) is 0.308. The van der Waals surface area contributed by atoms with E-state index in [-0.39, 0.29) is 23.6 Å². The lowest BCUT2D eigenvalue weighted by molar-refractivity contribution is -0.123. The molecule has 1 aromatic carbocycles. The van der Waals surface area contributed by atoms with Gasteiger partial charge in [-0.2, -0.15) is 0 Å². The first-order valence-electron chi connectivity index (χ1n) is 11.6. The quantitative estimate of drug-likeness (QED) is 0.388. The van der Waals surface area contributed by atoms with E-state index in [4.69, 9.17) is 21.9 Å². The van der Waals surface area contributed by atoms with Crippen molar-refractivity contribution in [2.24, 2.45) is 0 Å². The van der Waals surface area contributed by atoms with E-state index in [2.05, 4.69) is 5.32 Å².